The van der Waals surface area contributed by atoms with Crippen molar-refractivity contribution in [3.05, 3.63) is 41.6 Å². The number of hydrogen-bond acceptors (Lipinski definition) is 6. The number of amidine groups is 1. The van der Waals surface area contributed by atoms with Gasteiger partial charge >= 0.3 is 5.97 Å². The van der Waals surface area contributed by atoms with Crippen LogP contribution in [0.2, 0.25) is 0 Å². The maximum absolute atomic E-state index is 11.2. The number of benzene rings is 1. The van der Waals surface area contributed by atoms with Crippen LogP contribution in [0.15, 0.2) is 41.0 Å². The summed E-state index contributed by atoms with van der Waals surface area (Å²) in [6.45, 7) is 2.64. The van der Waals surface area contributed by atoms with Gasteiger partial charge in [-0.05, 0) is 30.7 Å². The van der Waals surface area contributed by atoms with Crippen LogP contribution in [0.25, 0.3) is 0 Å². The SMILES string of the molecule is CCCNC1=NC(Nc2ccc(C#N)cc2)NC=C1C(=O)O. The van der Waals surface area contributed by atoms with Crippen molar-refractivity contribution in [1.29, 1.82) is 5.26 Å². The van der Waals surface area contributed by atoms with E-state index in [1.54, 1.807) is 24.3 Å². The highest BCUT2D eigenvalue weighted by atomic mass is 16.4. The third-order valence-electron chi connectivity index (χ3n) is 2.99. The Morgan fingerprint density at radius 1 is 1.45 bits per heavy atom. The van der Waals surface area contributed by atoms with E-state index >= 15 is 0 Å². The summed E-state index contributed by atoms with van der Waals surface area (Å²) in [5.41, 5.74) is 1.46. The van der Waals surface area contributed by atoms with Crippen LogP contribution in [-0.2, 0) is 4.79 Å². The molecule has 2 rings (SSSR count). The topological polar surface area (TPSA) is 110 Å². The van der Waals surface area contributed by atoms with Gasteiger partial charge in [0.25, 0.3) is 0 Å². The molecule has 0 saturated heterocycles. The molecule has 1 aromatic carbocycles. The molecule has 1 aliphatic rings. The van der Waals surface area contributed by atoms with E-state index in [4.69, 9.17) is 10.4 Å². The molecule has 0 saturated carbocycles. The van der Waals surface area contributed by atoms with Crippen LogP contribution in [0.1, 0.15) is 18.9 Å². The quantitative estimate of drug-likeness (QED) is 0.651. The van der Waals surface area contributed by atoms with E-state index in [9.17, 15) is 4.79 Å². The van der Waals surface area contributed by atoms with Gasteiger partial charge in [0.1, 0.15) is 11.4 Å². The zero-order valence-electron chi connectivity index (χ0n) is 12.1. The zero-order valence-corrected chi connectivity index (χ0v) is 12.1. The lowest BCUT2D eigenvalue weighted by atomic mass is 10.2. The molecular formula is C15H17N5O2. The molecule has 0 aliphatic carbocycles. The highest BCUT2D eigenvalue weighted by molar-refractivity contribution is 6.18. The van der Waals surface area contributed by atoms with Crippen molar-refractivity contribution < 1.29 is 9.90 Å². The lowest BCUT2D eigenvalue weighted by molar-refractivity contribution is -0.132. The van der Waals surface area contributed by atoms with Crippen molar-refractivity contribution in [2.75, 3.05) is 11.9 Å². The summed E-state index contributed by atoms with van der Waals surface area (Å²) in [6, 6.07) is 8.99. The minimum atomic E-state index is -1.04. The van der Waals surface area contributed by atoms with E-state index < -0.39 is 12.3 Å². The molecule has 7 heteroatoms. The predicted molar refractivity (Wildman–Crippen MR) is 83.2 cm³/mol. The Labute approximate surface area is 128 Å². The maximum atomic E-state index is 11.2. The van der Waals surface area contributed by atoms with Crippen molar-refractivity contribution in [2.24, 2.45) is 4.99 Å². The van der Waals surface area contributed by atoms with Gasteiger partial charge in [-0.3, -0.25) is 0 Å². The van der Waals surface area contributed by atoms with Gasteiger partial charge in [0.05, 0.1) is 11.6 Å². The number of nitriles is 1. The number of rotatable bonds is 5. The Kier molecular flexibility index (Phi) is 4.98. The van der Waals surface area contributed by atoms with Gasteiger partial charge < -0.3 is 21.1 Å². The maximum Gasteiger partial charge on any atom is 0.340 e. The number of hydrogen-bond donors (Lipinski definition) is 4. The Morgan fingerprint density at radius 3 is 2.77 bits per heavy atom. The lowest BCUT2D eigenvalue weighted by Crippen LogP contribution is -2.41. The van der Waals surface area contributed by atoms with E-state index in [0.717, 1.165) is 12.1 Å². The number of nitrogens with zero attached hydrogens (tertiary/aromatic N) is 2. The van der Waals surface area contributed by atoms with Crippen molar-refractivity contribution in [3.8, 4) is 6.07 Å². The third-order valence-corrected chi connectivity index (χ3v) is 2.99. The smallest absolute Gasteiger partial charge is 0.340 e. The Balaban J connectivity index is 2.10. The molecule has 1 heterocycles. The number of carboxylic acids is 1. The second-order valence-electron chi connectivity index (χ2n) is 4.67. The molecule has 7 nitrogen and oxygen atoms in total. The average Bonchev–Trinajstić information content (AvgIpc) is 2.53. The molecule has 4 N–H and O–H groups in total. The molecule has 0 aromatic heterocycles. The van der Waals surface area contributed by atoms with Gasteiger partial charge in [-0.2, -0.15) is 5.26 Å². The summed E-state index contributed by atoms with van der Waals surface area (Å²) in [5, 5.41) is 26.9. The molecule has 0 radical (unpaired) electrons. The molecule has 114 valence electrons. The highest BCUT2D eigenvalue weighted by Gasteiger charge is 2.21. The van der Waals surface area contributed by atoms with Crippen molar-refractivity contribution >= 4 is 17.5 Å². The first-order chi connectivity index (χ1) is 10.6. The number of anilines is 1. The van der Waals surface area contributed by atoms with Gasteiger partial charge in [-0.25, -0.2) is 9.79 Å². The highest BCUT2D eigenvalue weighted by Crippen LogP contribution is 2.12. The first kappa shape index (κ1) is 15.4. The zero-order chi connectivity index (χ0) is 15.9. The third kappa shape index (κ3) is 3.76. The summed E-state index contributed by atoms with van der Waals surface area (Å²) in [4.78, 5) is 15.5. The molecule has 0 bridgehead atoms. The van der Waals surface area contributed by atoms with Crippen molar-refractivity contribution in [2.45, 2.75) is 19.6 Å². The molecule has 22 heavy (non-hydrogen) atoms. The normalized spacial score (nSPS) is 16.6. The number of carboxylic acid groups (broad SMARTS) is 1. The molecule has 0 amide bonds. The Morgan fingerprint density at radius 2 is 2.18 bits per heavy atom. The minimum Gasteiger partial charge on any atom is -0.478 e. The molecule has 1 unspecified atom stereocenters. The first-order valence-electron chi connectivity index (χ1n) is 6.92. The number of aliphatic imine (C=N–C) groups is 1. The molecule has 0 fully saturated rings. The second-order valence-corrected chi connectivity index (χ2v) is 4.67. The Bertz CT molecular complexity index is 643. The van der Waals surface area contributed by atoms with Gasteiger partial charge in [0.2, 0.25) is 0 Å². The molecule has 0 spiro atoms. The minimum absolute atomic E-state index is 0.103. The monoisotopic (exact) mass is 299 g/mol. The number of carbonyl (C=O) groups is 1. The van der Waals surface area contributed by atoms with Crippen LogP contribution in [-0.4, -0.2) is 29.7 Å². The lowest BCUT2D eigenvalue weighted by Gasteiger charge is -2.23. The molecular weight excluding hydrogens is 282 g/mol. The molecule has 1 atom stereocenters. The fourth-order valence-electron chi connectivity index (χ4n) is 1.89. The summed E-state index contributed by atoms with van der Waals surface area (Å²) < 4.78 is 0. The van der Waals surface area contributed by atoms with Gasteiger partial charge in [-0.15, -0.1) is 0 Å². The van der Waals surface area contributed by atoms with Crippen LogP contribution in [0.4, 0.5) is 5.69 Å². The van der Waals surface area contributed by atoms with E-state index in [-0.39, 0.29) is 5.57 Å². The summed E-state index contributed by atoms with van der Waals surface area (Å²) in [5.74, 6) is -0.689. The van der Waals surface area contributed by atoms with Crippen molar-refractivity contribution in [3.63, 3.8) is 0 Å². The van der Waals surface area contributed by atoms with E-state index in [1.165, 1.54) is 6.20 Å². The second kappa shape index (κ2) is 7.13. The summed E-state index contributed by atoms with van der Waals surface area (Å²) >= 11 is 0. The van der Waals surface area contributed by atoms with E-state index in [2.05, 4.69) is 27.0 Å². The molecule has 1 aliphatic heterocycles. The van der Waals surface area contributed by atoms with Crippen LogP contribution in [0.5, 0.6) is 0 Å². The number of aliphatic carboxylic acids is 1. The predicted octanol–water partition coefficient (Wildman–Crippen LogP) is 1.22. The first-order valence-corrected chi connectivity index (χ1v) is 6.92. The summed E-state index contributed by atoms with van der Waals surface area (Å²) in [6.07, 6.45) is 1.82. The van der Waals surface area contributed by atoms with Gasteiger partial charge in [-0.1, -0.05) is 6.92 Å². The average molecular weight is 299 g/mol. The Hall–Kier alpha value is -3.01. The van der Waals surface area contributed by atoms with Gasteiger partial charge in [0.15, 0.2) is 6.29 Å². The van der Waals surface area contributed by atoms with Gasteiger partial charge in [0, 0.05) is 18.4 Å². The largest absolute Gasteiger partial charge is 0.478 e. The van der Waals surface area contributed by atoms with Crippen LogP contribution in [0.3, 0.4) is 0 Å². The fraction of sp³-hybridized carbons (Fsp3) is 0.267. The summed E-state index contributed by atoms with van der Waals surface area (Å²) in [7, 11) is 0. The van der Waals surface area contributed by atoms with E-state index in [1.807, 2.05) is 6.92 Å². The standard InChI is InChI=1S/C15H17N5O2/c1-2-7-17-13-12(14(21)22)9-18-15(20-13)19-11-5-3-10(8-16)4-6-11/h3-6,9,15,18-19H,2,7H2,1H3,(H,17,20)(H,21,22). The fourth-order valence-corrected chi connectivity index (χ4v) is 1.89. The van der Waals surface area contributed by atoms with Crippen LogP contribution < -0.4 is 16.0 Å². The van der Waals surface area contributed by atoms with E-state index in [0.29, 0.717) is 17.9 Å². The van der Waals surface area contributed by atoms with Crippen molar-refractivity contribution in [1.82, 2.24) is 10.6 Å². The van der Waals surface area contributed by atoms with Crippen LogP contribution >= 0.6 is 0 Å². The van der Waals surface area contributed by atoms with Crippen LogP contribution in [0, 0.1) is 11.3 Å². The molecule has 1 aromatic rings. The number of nitrogens with one attached hydrogen (secondary N) is 3.